The lowest BCUT2D eigenvalue weighted by atomic mass is 10.0. The molecule has 0 saturated carbocycles. The minimum absolute atomic E-state index is 0.0978. The van der Waals surface area contributed by atoms with Gasteiger partial charge in [0.25, 0.3) is 5.91 Å². The summed E-state index contributed by atoms with van der Waals surface area (Å²) in [5, 5.41) is 17.9. The van der Waals surface area contributed by atoms with Crippen molar-refractivity contribution in [1.29, 1.82) is 0 Å². The van der Waals surface area contributed by atoms with Crippen LogP contribution in [0, 0.1) is 5.92 Å². The highest BCUT2D eigenvalue weighted by atomic mass is 16.5. The SMILES string of the molecule is CC(C)[C@H](NC(=O)OCc1ccccc1)C(=O)N[C@H]1CCCNC(=O)C1O. The lowest BCUT2D eigenvalue weighted by molar-refractivity contribution is -0.132. The zero-order valence-corrected chi connectivity index (χ0v) is 15.6. The van der Waals surface area contributed by atoms with Crippen molar-refractivity contribution < 1.29 is 24.2 Å². The summed E-state index contributed by atoms with van der Waals surface area (Å²) in [6.07, 6.45) is -0.900. The molecule has 1 aliphatic heterocycles. The molecule has 0 bridgehead atoms. The Labute approximate surface area is 158 Å². The maximum Gasteiger partial charge on any atom is 0.408 e. The quantitative estimate of drug-likeness (QED) is 0.582. The first-order valence-electron chi connectivity index (χ1n) is 9.12. The van der Waals surface area contributed by atoms with Crippen LogP contribution in [0.2, 0.25) is 0 Å². The number of carbonyl (C=O) groups is 3. The molecule has 1 aliphatic rings. The second kappa shape index (κ2) is 9.91. The maximum absolute atomic E-state index is 12.6. The Bertz CT molecular complexity index is 650. The largest absolute Gasteiger partial charge is 0.445 e. The number of aliphatic hydroxyl groups is 1. The average Bonchev–Trinajstić information content (AvgIpc) is 2.80. The summed E-state index contributed by atoms with van der Waals surface area (Å²) in [6.45, 7) is 4.14. The molecule has 3 atom stereocenters. The molecule has 0 aromatic heterocycles. The van der Waals surface area contributed by atoms with Gasteiger partial charge in [-0.1, -0.05) is 44.2 Å². The van der Waals surface area contributed by atoms with Crippen LogP contribution in [-0.4, -0.2) is 47.7 Å². The Kier molecular flexibility index (Phi) is 7.60. The van der Waals surface area contributed by atoms with Gasteiger partial charge in [0.05, 0.1) is 6.04 Å². The summed E-state index contributed by atoms with van der Waals surface area (Å²) in [5.74, 6) is -1.17. The van der Waals surface area contributed by atoms with E-state index in [-0.39, 0.29) is 12.5 Å². The van der Waals surface area contributed by atoms with Gasteiger partial charge < -0.3 is 25.8 Å². The standard InChI is InChI=1S/C19H27N3O5/c1-12(2)15(22-19(26)27-11-13-7-4-3-5-8-13)17(24)21-14-9-6-10-20-18(25)16(14)23/h3-5,7-8,12,14-16,23H,6,9-11H2,1-2H3,(H,20,25)(H,21,24)(H,22,26)/t14-,15-,16?/m0/s1. The number of hydrogen-bond donors (Lipinski definition) is 4. The highest BCUT2D eigenvalue weighted by molar-refractivity contribution is 5.87. The van der Waals surface area contributed by atoms with Crippen LogP contribution in [0.4, 0.5) is 4.79 Å². The van der Waals surface area contributed by atoms with Crippen LogP contribution < -0.4 is 16.0 Å². The smallest absolute Gasteiger partial charge is 0.408 e. The first kappa shape index (κ1) is 20.7. The average molecular weight is 377 g/mol. The summed E-state index contributed by atoms with van der Waals surface area (Å²) in [4.78, 5) is 36.4. The zero-order chi connectivity index (χ0) is 19.8. The highest BCUT2D eigenvalue weighted by Gasteiger charge is 2.33. The molecule has 1 aromatic carbocycles. The summed E-state index contributed by atoms with van der Waals surface area (Å²) in [7, 11) is 0. The summed E-state index contributed by atoms with van der Waals surface area (Å²) >= 11 is 0. The molecule has 1 saturated heterocycles. The van der Waals surface area contributed by atoms with Crippen molar-refractivity contribution in [2.24, 2.45) is 5.92 Å². The number of ether oxygens (including phenoxy) is 1. The van der Waals surface area contributed by atoms with Crippen LogP contribution >= 0.6 is 0 Å². The fraction of sp³-hybridized carbons (Fsp3) is 0.526. The van der Waals surface area contributed by atoms with Gasteiger partial charge in [0, 0.05) is 6.54 Å². The molecule has 4 N–H and O–H groups in total. The molecule has 27 heavy (non-hydrogen) atoms. The molecule has 0 spiro atoms. The Morgan fingerprint density at radius 1 is 1.30 bits per heavy atom. The Hall–Kier alpha value is -2.61. The van der Waals surface area contributed by atoms with Gasteiger partial charge in [-0.15, -0.1) is 0 Å². The van der Waals surface area contributed by atoms with Crippen molar-refractivity contribution in [3.05, 3.63) is 35.9 Å². The lowest BCUT2D eigenvalue weighted by Crippen LogP contribution is -2.56. The molecular formula is C19H27N3O5. The Morgan fingerprint density at radius 2 is 2.00 bits per heavy atom. The third-order valence-electron chi connectivity index (χ3n) is 4.40. The van der Waals surface area contributed by atoms with Gasteiger partial charge >= 0.3 is 6.09 Å². The number of nitrogens with one attached hydrogen (secondary N) is 3. The molecule has 148 valence electrons. The van der Waals surface area contributed by atoms with Gasteiger partial charge in [0.1, 0.15) is 12.6 Å². The minimum Gasteiger partial charge on any atom is -0.445 e. The molecule has 0 aliphatic carbocycles. The van der Waals surface area contributed by atoms with E-state index in [9.17, 15) is 19.5 Å². The van der Waals surface area contributed by atoms with E-state index in [4.69, 9.17) is 4.74 Å². The molecule has 1 fully saturated rings. The van der Waals surface area contributed by atoms with Gasteiger partial charge in [-0.25, -0.2) is 4.79 Å². The maximum atomic E-state index is 12.6. The Morgan fingerprint density at radius 3 is 2.67 bits per heavy atom. The number of amides is 3. The molecule has 1 aromatic rings. The van der Waals surface area contributed by atoms with E-state index < -0.39 is 36.1 Å². The van der Waals surface area contributed by atoms with Crippen LogP contribution in [0.3, 0.4) is 0 Å². The van der Waals surface area contributed by atoms with Crippen molar-refractivity contribution in [3.63, 3.8) is 0 Å². The number of aliphatic hydroxyl groups excluding tert-OH is 1. The molecule has 3 amide bonds. The fourth-order valence-corrected chi connectivity index (χ4v) is 2.83. The van der Waals surface area contributed by atoms with Crippen LogP contribution in [0.1, 0.15) is 32.3 Å². The summed E-state index contributed by atoms with van der Waals surface area (Å²) in [6, 6.07) is 7.68. The van der Waals surface area contributed by atoms with E-state index in [1.165, 1.54) is 0 Å². The van der Waals surface area contributed by atoms with Crippen LogP contribution in [-0.2, 0) is 20.9 Å². The van der Waals surface area contributed by atoms with Crippen LogP contribution in [0.25, 0.3) is 0 Å². The monoisotopic (exact) mass is 377 g/mol. The van der Waals surface area contributed by atoms with Crippen molar-refractivity contribution in [2.75, 3.05) is 6.54 Å². The van der Waals surface area contributed by atoms with E-state index in [2.05, 4.69) is 16.0 Å². The fourth-order valence-electron chi connectivity index (χ4n) is 2.83. The van der Waals surface area contributed by atoms with Crippen molar-refractivity contribution in [1.82, 2.24) is 16.0 Å². The molecule has 1 heterocycles. The van der Waals surface area contributed by atoms with Crippen molar-refractivity contribution in [2.45, 2.75) is 51.5 Å². The zero-order valence-electron chi connectivity index (χ0n) is 15.6. The molecule has 0 radical (unpaired) electrons. The predicted octanol–water partition coefficient (Wildman–Crippen LogP) is 0.693. The van der Waals surface area contributed by atoms with E-state index >= 15 is 0 Å². The molecule has 2 rings (SSSR count). The minimum atomic E-state index is -1.31. The second-order valence-electron chi connectivity index (χ2n) is 6.92. The summed E-state index contributed by atoms with van der Waals surface area (Å²) in [5.41, 5.74) is 0.839. The predicted molar refractivity (Wildman–Crippen MR) is 98.6 cm³/mol. The van der Waals surface area contributed by atoms with E-state index in [0.29, 0.717) is 19.4 Å². The van der Waals surface area contributed by atoms with Crippen LogP contribution in [0.15, 0.2) is 30.3 Å². The van der Waals surface area contributed by atoms with Gasteiger partial charge in [-0.3, -0.25) is 9.59 Å². The number of benzene rings is 1. The van der Waals surface area contributed by atoms with Gasteiger partial charge in [0.15, 0.2) is 6.10 Å². The number of hydrogen-bond acceptors (Lipinski definition) is 5. The topological polar surface area (TPSA) is 117 Å². The van der Waals surface area contributed by atoms with Crippen LogP contribution in [0.5, 0.6) is 0 Å². The lowest BCUT2D eigenvalue weighted by Gasteiger charge is -2.26. The third-order valence-corrected chi connectivity index (χ3v) is 4.40. The van der Waals surface area contributed by atoms with E-state index in [1.54, 1.807) is 13.8 Å². The number of rotatable bonds is 6. The second-order valence-corrected chi connectivity index (χ2v) is 6.92. The normalized spacial score (nSPS) is 21.0. The first-order valence-corrected chi connectivity index (χ1v) is 9.12. The van der Waals surface area contributed by atoms with Crippen molar-refractivity contribution >= 4 is 17.9 Å². The first-order chi connectivity index (χ1) is 12.9. The van der Waals surface area contributed by atoms with E-state index in [0.717, 1.165) is 5.56 Å². The van der Waals surface area contributed by atoms with E-state index in [1.807, 2.05) is 30.3 Å². The Balaban J connectivity index is 1.91. The molecule has 8 nitrogen and oxygen atoms in total. The molecule has 1 unspecified atom stereocenters. The van der Waals surface area contributed by atoms with Crippen molar-refractivity contribution in [3.8, 4) is 0 Å². The van der Waals surface area contributed by atoms with Gasteiger partial charge in [0.2, 0.25) is 5.91 Å². The van der Waals surface area contributed by atoms with Gasteiger partial charge in [-0.05, 0) is 24.3 Å². The third kappa shape index (κ3) is 6.25. The highest BCUT2D eigenvalue weighted by Crippen LogP contribution is 2.10. The molecule has 8 heteroatoms. The number of alkyl carbamates (subject to hydrolysis) is 1. The number of carbonyl (C=O) groups excluding carboxylic acids is 3. The summed E-state index contributed by atoms with van der Waals surface area (Å²) < 4.78 is 5.16. The van der Waals surface area contributed by atoms with Gasteiger partial charge in [-0.2, -0.15) is 0 Å². The molecular weight excluding hydrogens is 350 g/mol.